The van der Waals surface area contributed by atoms with E-state index in [1.807, 2.05) is 0 Å². The van der Waals surface area contributed by atoms with E-state index in [1.54, 1.807) is 12.3 Å². The minimum atomic E-state index is -0.527. The van der Waals surface area contributed by atoms with E-state index in [-0.39, 0.29) is 11.9 Å². The molecule has 2 fully saturated rings. The zero-order valence-corrected chi connectivity index (χ0v) is 10.8. The predicted octanol–water partition coefficient (Wildman–Crippen LogP) is 0.470. The first-order valence-corrected chi connectivity index (χ1v) is 6.53. The number of hydrogen-bond donors (Lipinski definition) is 1. The largest absolute Gasteiger partial charge is 0.463 e. The number of aliphatic hydroxyl groups excluding tert-OH is 1. The monoisotopic (exact) mass is 263 g/mol. The first kappa shape index (κ1) is 12.3. The topological polar surface area (TPSA) is 75.5 Å². The number of fused-ring (bicyclic) bond motifs is 1. The Labute approximate surface area is 111 Å². The molecular weight excluding hydrogens is 246 g/mol. The normalized spacial score (nSPS) is 29.4. The molecule has 1 saturated heterocycles. The van der Waals surface area contributed by atoms with Crippen molar-refractivity contribution in [3.05, 3.63) is 18.1 Å². The van der Waals surface area contributed by atoms with Crippen molar-refractivity contribution < 1.29 is 14.6 Å². The summed E-state index contributed by atoms with van der Waals surface area (Å²) in [5.74, 6) is 1.15. The average Bonchev–Trinajstić information content (AvgIpc) is 3.01. The number of esters is 1. The molecule has 1 saturated carbocycles. The fourth-order valence-corrected chi connectivity index (χ4v) is 3.14. The molecule has 0 radical (unpaired) electrons. The van der Waals surface area contributed by atoms with Crippen molar-refractivity contribution in [2.24, 2.45) is 11.8 Å². The summed E-state index contributed by atoms with van der Waals surface area (Å²) >= 11 is 0. The third-order valence-corrected chi connectivity index (χ3v) is 4.15. The van der Waals surface area contributed by atoms with Crippen LogP contribution in [0.4, 0.5) is 5.82 Å². The van der Waals surface area contributed by atoms with E-state index in [9.17, 15) is 9.90 Å². The van der Waals surface area contributed by atoms with Crippen molar-refractivity contribution in [3.8, 4) is 0 Å². The quantitative estimate of drug-likeness (QED) is 0.782. The molecule has 1 aliphatic heterocycles. The summed E-state index contributed by atoms with van der Waals surface area (Å²) in [6, 6.07) is 1.79. The molecule has 6 heteroatoms. The van der Waals surface area contributed by atoms with E-state index in [0.717, 1.165) is 31.7 Å². The van der Waals surface area contributed by atoms with Gasteiger partial charge >= 0.3 is 5.97 Å². The molecule has 19 heavy (non-hydrogen) atoms. The van der Waals surface area contributed by atoms with Crippen molar-refractivity contribution in [2.45, 2.75) is 18.9 Å². The lowest BCUT2D eigenvalue weighted by Crippen LogP contribution is -2.25. The molecule has 1 N–H and O–H groups in total. The lowest BCUT2D eigenvalue weighted by molar-refractivity contribution is 0.0586. The van der Waals surface area contributed by atoms with Crippen LogP contribution < -0.4 is 4.90 Å². The number of rotatable bonds is 2. The van der Waals surface area contributed by atoms with Crippen LogP contribution in [0.5, 0.6) is 0 Å². The minimum absolute atomic E-state index is 0.0811. The summed E-state index contributed by atoms with van der Waals surface area (Å²) in [5, 5.41) is 9.91. The van der Waals surface area contributed by atoms with Crippen LogP contribution in [-0.2, 0) is 4.74 Å². The fraction of sp³-hybridized carbons (Fsp3) is 0.615. The molecule has 0 aromatic carbocycles. The average molecular weight is 263 g/mol. The van der Waals surface area contributed by atoms with Crippen LogP contribution in [-0.4, -0.2) is 47.3 Å². The second-order valence-corrected chi connectivity index (χ2v) is 5.20. The number of aliphatic hydroxyl groups is 1. The summed E-state index contributed by atoms with van der Waals surface area (Å²) in [6.45, 7) is 1.68. The molecule has 2 aliphatic rings. The highest BCUT2D eigenvalue weighted by atomic mass is 16.5. The van der Waals surface area contributed by atoms with Crippen molar-refractivity contribution in [3.63, 3.8) is 0 Å². The van der Waals surface area contributed by atoms with E-state index < -0.39 is 5.97 Å². The molecule has 3 atom stereocenters. The van der Waals surface area contributed by atoms with Crippen LogP contribution >= 0.6 is 0 Å². The highest BCUT2D eigenvalue weighted by molar-refractivity contribution is 5.85. The molecule has 2 heterocycles. The molecule has 6 nitrogen and oxygen atoms in total. The Bertz CT molecular complexity index is 494. The van der Waals surface area contributed by atoms with Gasteiger partial charge in [-0.05, 0) is 24.8 Å². The lowest BCUT2D eigenvalue weighted by atomic mass is 10.00. The van der Waals surface area contributed by atoms with Crippen molar-refractivity contribution in [1.82, 2.24) is 9.97 Å². The van der Waals surface area contributed by atoms with Gasteiger partial charge in [0.05, 0.1) is 13.2 Å². The number of methoxy groups -OCH3 is 1. The van der Waals surface area contributed by atoms with E-state index in [4.69, 9.17) is 0 Å². The Hall–Kier alpha value is -1.69. The second-order valence-electron chi connectivity index (χ2n) is 5.20. The number of carbonyl (C=O) groups excluding carboxylic acids is 1. The SMILES string of the molecule is COC(=O)c1nccc(N2CC3CCC(O)C3C2)n1. The van der Waals surface area contributed by atoms with Gasteiger partial charge in [0, 0.05) is 25.2 Å². The van der Waals surface area contributed by atoms with Gasteiger partial charge in [-0.2, -0.15) is 0 Å². The Morgan fingerprint density at radius 3 is 3.05 bits per heavy atom. The first-order chi connectivity index (χ1) is 9.19. The molecule has 1 aliphatic carbocycles. The Balaban J connectivity index is 1.78. The van der Waals surface area contributed by atoms with Gasteiger partial charge in [-0.25, -0.2) is 14.8 Å². The Kier molecular flexibility index (Phi) is 3.10. The number of hydrogen-bond acceptors (Lipinski definition) is 6. The van der Waals surface area contributed by atoms with Crippen LogP contribution in [0.25, 0.3) is 0 Å². The highest BCUT2D eigenvalue weighted by Crippen LogP contribution is 2.39. The Morgan fingerprint density at radius 1 is 1.47 bits per heavy atom. The van der Waals surface area contributed by atoms with Gasteiger partial charge in [0.15, 0.2) is 0 Å². The second kappa shape index (κ2) is 4.77. The maximum absolute atomic E-state index is 11.4. The van der Waals surface area contributed by atoms with Crippen LogP contribution in [0.1, 0.15) is 23.5 Å². The fourth-order valence-electron chi connectivity index (χ4n) is 3.14. The van der Waals surface area contributed by atoms with Crippen molar-refractivity contribution in [2.75, 3.05) is 25.1 Å². The third-order valence-electron chi connectivity index (χ3n) is 4.15. The van der Waals surface area contributed by atoms with Crippen molar-refractivity contribution in [1.29, 1.82) is 0 Å². The molecule has 3 unspecified atom stereocenters. The zero-order valence-electron chi connectivity index (χ0n) is 10.8. The van der Waals surface area contributed by atoms with E-state index >= 15 is 0 Å². The van der Waals surface area contributed by atoms with Gasteiger partial charge in [-0.3, -0.25) is 0 Å². The molecule has 1 aromatic rings. The molecule has 102 valence electrons. The van der Waals surface area contributed by atoms with Gasteiger partial charge < -0.3 is 14.7 Å². The summed E-state index contributed by atoms with van der Waals surface area (Å²) in [4.78, 5) is 21.7. The van der Waals surface area contributed by atoms with Gasteiger partial charge in [0.2, 0.25) is 5.82 Å². The maximum Gasteiger partial charge on any atom is 0.376 e. The summed E-state index contributed by atoms with van der Waals surface area (Å²) in [6.07, 6.45) is 3.34. The van der Waals surface area contributed by atoms with E-state index in [0.29, 0.717) is 11.8 Å². The predicted molar refractivity (Wildman–Crippen MR) is 67.8 cm³/mol. The van der Waals surface area contributed by atoms with Gasteiger partial charge in [0.1, 0.15) is 5.82 Å². The summed E-state index contributed by atoms with van der Waals surface area (Å²) in [5.41, 5.74) is 0. The number of aromatic nitrogens is 2. The van der Waals surface area contributed by atoms with Gasteiger partial charge in [0.25, 0.3) is 0 Å². The highest BCUT2D eigenvalue weighted by Gasteiger charge is 2.42. The van der Waals surface area contributed by atoms with Crippen LogP contribution in [0.15, 0.2) is 12.3 Å². The summed E-state index contributed by atoms with van der Waals surface area (Å²) in [7, 11) is 1.31. The molecule has 0 bridgehead atoms. The molecule has 0 spiro atoms. The van der Waals surface area contributed by atoms with Gasteiger partial charge in [-0.1, -0.05) is 0 Å². The van der Waals surface area contributed by atoms with E-state index in [1.165, 1.54) is 7.11 Å². The van der Waals surface area contributed by atoms with Crippen molar-refractivity contribution >= 4 is 11.8 Å². The third kappa shape index (κ3) is 2.16. The molecule has 1 aromatic heterocycles. The van der Waals surface area contributed by atoms with Crippen LogP contribution in [0.2, 0.25) is 0 Å². The lowest BCUT2D eigenvalue weighted by Gasteiger charge is -2.19. The molecule has 0 amide bonds. The number of ether oxygens (including phenoxy) is 1. The van der Waals surface area contributed by atoms with E-state index in [2.05, 4.69) is 19.6 Å². The molecular formula is C13H17N3O3. The standard InChI is InChI=1S/C13H17N3O3/c1-19-13(18)12-14-5-4-11(15-12)16-6-8-2-3-10(17)9(8)7-16/h4-5,8-10,17H,2-3,6-7H2,1H3. The van der Waals surface area contributed by atoms with Crippen LogP contribution in [0, 0.1) is 11.8 Å². The maximum atomic E-state index is 11.4. The Morgan fingerprint density at radius 2 is 2.32 bits per heavy atom. The zero-order chi connectivity index (χ0) is 13.4. The summed E-state index contributed by atoms with van der Waals surface area (Å²) < 4.78 is 4.62. The minimum Gasteiger partial charge on any atom is -0.463 e. The number of carbonyl (C=O) groups is 1. The molecule has 3 rings (SSSR count). The van der Waals surface area contributed by atoms with Gasteiger partial charge in [-0.15, -0.1) is 0 Å². The van der Waals surface area contributed by atoms with Crippen LogP contribution in [0.3, 0.4) is 0 Å². The first-order valence-electron chi connectivity index (χ1n) is 6.53. The number of nitrogens with zero attached hydrogens (tertiary/aromatic N) is 3. The smallest absolute Gasteiger partial charge is 0.376 e. The number of anilines is 1.